The van der Waals surface area contributed by atoms with Crippen LogP contribution in [0, 0.1) is 0 Å². The van der Waals surface area contributed by atoms with Crippen LogP contribution in [0.1, 0.15) is 15.4 Å². The van der Waals surface area contributed by atoms with Crippen LogP contribution in [0.4, 0.5) is 0 Å². The smallest absolute Gasteiger partial charge is 0.246 e. The fourth-order valence-corrected chi connectivity index (χ4v) is 3.15. The Morgan fingerprint density at radius 1 is 1.17 bits per heavy atom. The minimum absolute atomic E-state index is 0.0226. The van der Waals surface area contributed by atoms with Crippen molar-refractivity contribution in [2.24, 2.45) is 0 Å². The van der Waals surface area contributed by atoms with E-state index < -0.39 is 0 Å². The van der Waals surface area contributed by atoms with E-state index >= 15 is 0 Å². The van der Waals surface area contributed by atoms with Crippen LogP contribution in [-0.2, 0) is 4.79 Å². The van der Waals surface area contributed by atoms with E-state index in [1.54, 1.807) is 29.4 Å². The summed E-state index contributed by atoms with van der Waals surface area (Å²) in [6.07, 6.45) is 4.79. The van der Waals surface area contributed by atoms with Gasteiger partial charge in [0.25, 0.3) is 0 Å². The molecule has 1 aliphatic rings. The molecule has 3 heterocycles. The number of nitrogens with zero attached hydrogens (tertiary/aromatic N) is 2. The Kier molecular flexibility index (Phi) is 5.05. The van der Waals surface area contributed by atoms with E-state index in [2.05, 4.69) is 4.90 Å². The van der Waals surface area contributed by atoms with E-state index in [-0.39, 0.29) is 11.7 Å². The van der Waals surface area contributed by atoms with Crippen molar-refractivity contribution in [3.63, 3.8) is 0 Å². The van der Waals surface area contributed by atoms with Crippen molar-refractivity contribution in [3.8, 4) is 0 Å². The third kappa shape index (κ3) is 4.18. The number of thiophene rings is 1. The summed E-state index contributed by atoms with van der Waals surface area (Å²) in [4.78, 5) is 28.9. The Morgan fingerprint density at radius 2 is 2.00 bits per heavy atom. The summed E-state index contributed by atoms with van der Waals surface area (Å²) in [5.41, 5.74) is 0. The molecular weight excluding hydrogens is 312 g/mol. The maximum absolute atomic E-state index is 12.1. The Balaban J connectivity index is 1.46. The molecule has 0 aliphatic carbocycles. The van der Waals surface area contributed by atoms with Gasteiger partial charge in [-0.2, -0.15) is 0 Å². The number of carbonyl (C=O) groups is 2. The Hall–Kier alpha value is -2.18. The number of ketones is 1. The van der Waals surface area contributed by atoms with Crippen molar-refractivity contribution >= 4 is 29.1 Å². The average Bonchev–Trinajstić information content (AvgIpc) is 3.26. The minimum Gasteiger partial charge on any atom is -0.465 e. The van der Waals surface area contributed by atoms with Gasteiger partial charge in [-0.3, -0.25) is 14.5 Å². The number of furan rings is 1. The number of piperazine rings is 1. The van der Waals surface area contributed by atoms with Gasteiger partial charge in [0.05, 0.1) is 17.7 Å². The van der Waals surface area contributed by atoms with Gasteiger partial charge in [0.2, 0.25) is 5.91 Å². The fourth-order valence-electron chi connectivity index (χ4n) is 2.49. The maximum Gasteiger partial charge on any atom is 0.246 e. The predicted molar refractivity (Wildman–Crippen MR) is 89.4 cm³/mol. The number of rotatable bonds is 5. The van der Waals surface area contributed by atoms with E-state index in [0.29, 0.717) is 25.4 Å². The summed E-state index contributed by atoms with van der Waals surface area (Å²) in [6, 6.07) is 7.33. The molecule has 1 aliphatic heterocycles. The first-order valence-electron chi connectivity index (χ1n) is 7.52. The van der Waals surface area contributed by atoms with Crippen molar-refractivity contribution in [3.05, 3.63) is 52.6 Å². The van der Waals surface area contributed by atoms with Crippen LogP contribution in [0.2, 0.25) is 0 Å². The monoisotopic (exact) mass is 330 g/mol. The Morgan fingerprint density at radius 3 is 2.65 bits per heavy atom. The SMILES string of the molecule is O=C(CN1CCN(C(=O)/C=C/c2ccco2)CC1)c1cccs1. The third-order valence-electron chi connectivity index (χ3n) is 3.78. The Bertz CT molecular complexity index is 669. The zero-order chi connectivity index (χ0) is 16.1. The average molecular weight is 330 g/mol. The van der Waals surface area contributed by atoms with Crippen LogP contribution in [0.5, 0.6) is 0 Å². The van der Waals surface area contributed by atoms with Crippen molar-refractivity contribution in [2.75, 3.05) is 32.7 Å². The van der Waals surface area contributed by atoms with Gasteiger partial charge in [-0.05, 0) is 29.7 Å². The molecule has 0 unspecified atom stereocenters. The van der Waals surface area contributed by atoms with Crippen LogP contribution in [0.3, 0.4) is 0 Å². The van der Waals surface area contributed by atoms with Crippen molar-refractivity contribution in [2.45, 2.75) is 0 Å². The molecule has 120 valence electrons. The summed E-state index contributed by atoms with van der Waals surface area (Å²) in [5.74, 6) is 0.793. The van der Waals surface area contributed by atoms with Crippen molar-refractivity contribution < 1.29 is 14.0 Å². The molecule has 23 heavy (non-hydrogen) atoms. The first kappa shape index (κ1) is 15.7. The lowest BCUT2D eigenvalue weighted by molar-refractivity contribution is -0.127. The van der Waals surface area contributed by atoms with Gasteiger partial charge in [-0.25, -0.2) is 0 Å². The molecule has 0 spiro atoms. The molecule has 2 aromatic rings. The first-order chi connectivity index (χ1) is 11.2. The zero-order valence-electron chi connectivity index (χ0n) is 12.7. The van der Waals surface area contributed by atoms with Crippen LogP contribution >= 0.6 is 11.3 Å². The molecule has 3 rings (SSSR count). The number of hydrogen-bond acceptors (Lipinski definition) is 5. The van der Waals surface area contributed by atoms with Gasteiger partial charge in [-0.15, -0.1) is 11.3 Å². The molecular formula is C17H18N2O3S. The topological polar surface area (TPSA) is 53.8 Å². The molecule has 0 N–H and O–H groups in total. The molecule has 5 nitrogen and oxygen atoms in total. The van der Waals surface area contributed by atoms with Crippen molar-refractivity contribution in [1.82, 2.24) is 9.80 Å². The van der Waals surface area contributed by atoms with E-state index in [0.717, 1.165) is 18.0 Å². The molecule has 1 amide bonds. The molecule has 0 atom stereocenters. The molecule has 0 aromatic carbocycles. The minimum atomic E-state index is -0.0226. The van der Waals surface area contributed by atoms with Gasteiger partial charge in [-0.1, -0.05) is 6.07 Å². The van der Waals surface area contributed by atoms with Gasteiger partial charge in [0.15, 0.2) is 5.78 Å². The molecule has 0 bridgehead atoms. The molecule has 6 heteroatoms. The highest BCUT2D eigenvalue weighted by atomic mass is 32.1. The van der Waals surface area contributed by atoms with Crippen LogP contribution < -0.4 is 0 Å². The highest BCUT2D eigenvalue weighted by molar-refractivity contribution is 7.12. The highest BCUT2D eigenvalue weighted by Crippen LogP contribution is 2.11. The van der Waals surface area contributed by atoms with E-state index in [4.69, 9.17) is 4.42 Å². The zero-order valence-corrected chi connectivity index (χ0v) is 13.5. The second-order valence-electron chi connectivity index (χ2n) is 5.35. The maximum atomic E-state index is 12.1. The second-order valence-corrected chi connectivity index (χ2v) is 6.30. The van der Waals surface area contributed by atoms with Crippen molar-refractivity contribution in [1.29, 1.82) is 0 Å². The highest BCUT2D eigenvalue weighted by Gasteiger charge is 2.21. The van der Waals surface area contributed by atoms with E-state index in [1.807, 2.05) is 17.5 Å². The Labute approximate surface area is 138 Å². The van der Waals surface area contributed by atoms with Gasteiger partial charge < -0.3 is 9.32 Å². The third-order valence-corrected chi connectivity index (χ3v) is 4.69. The van der Waals surface area contributed by atoms with E-state index in [1.165, 1.54) is 17.4 Å². The van der Waals surface area contributed by atoms with E-state index in [9.17, 15) is 9.59 Å². The molecule has 0 saturated carbocycles. The lowest BCUT2D eigenvalue weighted by Gasteiger charge is -2.33. The fraction of sp³-hybridized carbons (Fsp3) is 0.294. The standard InChI is InChI=1S/C17H18N2O3S/c20-15(16-4-2-12-23-16)13-18-7-9-19(10-8-18)17(21)6-5-14-3-1-11-22-14/h1-6,11-12H,7-10,13H2/b6-5+. The number of amides is 1. The van der Waals surface area contributed by atoms with Crippen LogP contribution in [-0.4, -0.2) is 54.2 Å². The first-order valence-corrected chi connectivity index (χ1v) is 8.40. The largest absolute Gasteiger partial charge is 0.465 e. The molecule has 1 fully saturated rings. The summed E-state index contributed by atoms with van der Waals surface area (Å²) >= 11 is 1.47. The lowest BCUT2D eigenvalue weighted by Crippen LogP contribution is -2.49. The summed E-state index contributed by atoms with van der Waals surface area (Å²) in [6.45, 7) is 3.14. The molecule has 0 radical (unpaired) electrons. The second kappa shape index (κ2) is 7.39. The predicted octanol–water partition coefficient (Wildman–Crippen LogP) is 2.38. The number of hydrogen-bond donors (Lipinski definition) is 0. The number of Topliss-reactive ketones (excluding diaryl/α,β-unsaturated/α-hetero) is 1. The summed E-state index contributed by atoms with van der Waals surface area (Å²) in [7, 11) is 0. The van der Waals surface area contributed by atoms with Crippen LogP contribution in [0.15, 0.2) is 46.4 Å². The summed E-state index contributed by atoms with van der Waals surface area (Å²) < 4.78 is 5.17. The van der Waals surface area contributed by atoms with Crippen LogP contribution in [0.25, 0.3) is 6.08 Å². The molecule has 1 saturated heterocycles. The van der Waals surface area contributed by atoms with Gasteiger partial charge in [0.1, 0.15) is 5.76 Å². The quantitative estimate of drug-likeness (QED) is 0.624. The molecule has 2 aromatic heterocycles. The normalized spacial score (nSPS) is 16.1. The summed E-state index contributed by atoms with van der Waals surface area (Å²) in [5, 5.41) is 1.91. The lowest BCUT2D eigenvalue weighted by atomic mass is 10.2. The number of carbonyl (C=O) groups excluding carboxylic acids is 2. The van der Waals surface area contributed by atoms with Gasteiger partial charge >= 0.3 is 0 Å². The van der Waals surface area contributed by atoms with Gasteiger partial charge in [0, 0.05) is 32.3 Å².